The highest BCUT2D eigenvalue weighted by Gasteiger charge is 2.31. The molecular weight excluding hydrogens is 514 g/mol. The predicted molar refractivity (Wildman–Crippen MR) is 155 cm³/mol. The van der Waals surface area contributed by atoms with Crippen molar-refractivity contribution < 1.29 is 22.7 Å². The van der Waals surface area contributed by atoms with Gasteiger partial charge >= 0.3 is 0 Å². The summed E-state index contributed by atoms with van der Waals surface area (Å²) in [6.07, 6.45) is 6.25. The number of methoxy groups -OCH3 is 1. The Morgan fingerprint density at radius 3 is 2.44 bits per heavy atom. The summed E-state index contributed by atoms with van der Waals surface area (Å²) in [7, 11) is -1.96. The summed E-state index contributed by atoms with van der Waals surface area (Å²) in [5.74, 6) is 0.370. The van der Waals surface area contributed by atoms with Crippen molar-refractivity contribution >= 4 is 27.5 Å². The standard InChI is InChI=1S/C30H43N3O5S/c1-6-27(30(35)31-25-14-7-8-15-25)32(21-24-13-10-16-26(20-24)38-4)29(34)18-11-19-33(39(5,36)37)28-17-9-12-22(2)23(28)3/h9-10,12-13,16-17,20,25,27H,6-8,11,14-15,18-19,21H2,1-5H3,(H,31,35)/t27-/m1/s1. The maximum Gasteiger partial charge on any atom is 0.243 e. The number of benzene rings is 2. The quantitative estimate of drug-likeness (QED) is 0.384. The largest absolute Gasteiger partial charge is 0.497 e. The van der Waals surface area contributed by atoms with Crippen molar-refractivity contribution in [3.8, 4) is 5.75 Å². The number of carbonyl (C=O) groups excluding carboxylic acids is 2. The maximum absolute atomic E-state index is 13.7. The second-order valence-corrected chi connectivity index (χ2v) is 12.4. The van der Waals surface area contributed by atoms with Crippen LogP contribution in [-0.4, -0.2) is 57.1 Å². The number of nitrogens with one attached hydrogen (secondary N) is 1. The van der Waals surface area contributed by atoms with Crippen LogP contribution in [0.5, 0.6) is 5.75 Å². The Bertz CT molecular complexity index is 1240. The molecule has 2 aromatic carbocycles. The molecule has 39 heavy (non-hydrogen) atoms. The average Bonchev–Trinajstić information content (AvgIpc) is 3.40. The van der Waals surface area contributed by atoms with Crippen LogP contribution in [0.25, 0.3) is 0 Å². The van der Waals surface area contributed by atoms with Gasteiger partial charge in [0.25, 0.3) is 0 Å². The fourth-order valence-electron chi connectivity index (χ4n) is 5.24. The highest BCUT2D eigenvalue weighted by molar-refractivity contribution is 7.92. The lowest BCUT2D eigenvalue weighted by atomic mass is 10.1. The Hall–Kier alpha value is -3.07. The van der Waals surface area contributed by atoms with Gasteiger partial charge in [-0.25, -0.2) is 8.42 Å². The summed E-state index contributed by atoms with van der Waals surface area (Å²) < 4.78 is 32.1. The van der Waals surface area contributed by atoms with Gasteiger partial charge in [0.2, 0.25) is 21.8 Å². The molecule has 0 radical (unpaired) electrons. The van der Waals surface area contributed by atoms with Gasteiger partial charge < -0.3 is 15.0 Å². The highest BCUT2D eigenvalue weighted by atomic mass is 32.2. The van der Waals surface area contributed by atoms with Crippen molar-refractivity contribution in [2.45, 2.75) is 84.3 Å². The molecule has 0 unspecified atom stereocenters. The van der Waals surface area contributed by atoms with E-state index < -0.39 is 16.1 Å². The predicted octanol–water partition coefficient (Wildman–Crippen LogP) is 4.72. The number of sulfonamides is 1. The smallest absolute Gasteiger partial charge is 0.243 e. The van der Waals surface area contributed by atoms with E-state index in [1.54, 1.807) is 18.1 Å². The first-order valence-electron chi connectivity index (χ1n) is 13.8. The molecule has 2 amide bonds. The lowest BCUT2D eigenvalue weighted by molar-refractivity contribution is -0.141. The Morgan fingerprint density at radius 1 is 1.10 bits per heavy atom. The van der Waals surface area contributed by atoms with E-state index in [4.69, 9.17) is 4.74 Å². The molecule has 0 aliphatic heterocycles. The third-order valence-corrected chi connectivity index (χ3v) is 8.75. The summed E-state index contributed by atoms with van der Waals surface area (Å²) >= 11 is 0. The molecule has 1 atom stereocenters. The molecule has 3 rings (SSSR count). The third-order valence-electron chi connectivity index (χ3n) is 7.57. The first-order chi connectivity index (χ1) is 18.5. The average molecular weight is 558 g/mol. The van der Waals surface area contributed by atoms with Crippen LogP contribution in [0.3, 0.4) is 0 Å². The number of hydrogen-bond acceptors (Lipinski definition) is 5. The van der Waals surface area contributed by atoms with E-state index in [0.717, 1.165) is 42.4 Å². The van der Waals surface area contributed by atoms with Crippen LogP contribution in [0.1, 0.15) is 68.6 Å². The van der Waals surface area contributed by atoms with Crippen molar-refractivity contribution in [3.05, 3.63) is 59.2 Å². The van der Waals surface area contributed by atoms with E-state index in [-0.39, 0.29) is 37.4 Å². The van der Waals surface area contributed by atoms with Gasteiger partial charge in [-0.2, -0.15) is 0 Å². The Labute approximate surface area is 233 Å². The minimum atomic E-state index is -3.55. The number of amides is 2. The monoisotopic (exact) mass is 557 g/mol. The number of ether oxygens (including phenoxy) is 1. The van der Waals surface area contributed by atoms with Crippen LogP contribution in [0.4, 0.5) is 5.69 Å². The van der Waals surface area contributed by atoms with E-state index in [9.17, 15) is 18.0 Å². The van der Waals surface area contributed by atoms with E-state index >= 15 is 0 Å². The van der Waals surface area contributed by atoms with Crippen LogP contribution >= 0.6 is 0 Å². The lowest BCUT2D eigenvalue weighted by Crippen LogP contribution is -2.51. The van der Waals surface area contributed by atoms with Crippen LogP contribution in [0.2, 0.25) is 0 Å². The molecule has 1 saturated carbocycles. The molecule has 214 valence electrons. The van der Waals surface area contributed by atoms with Gasteiger partial charge in [-0.1, -0.05) is 44.0 Å². The van der Waals surface area contributed by atoms with E-state index in [1.165, 1.54) is 10.6 Å². The third kappa shape index (κ3) is 8.21. The SMILES string of the molecule is CC[C@H](C(=O)NC1CCCC1)N(Cc1cccc(OC)c1)C(=O)CCCN(c1cccc(C)c1C)S(C)(=O)=O. The van der Waals surface area contributed by atoms with E-state index in [1.807, 2.05) is 57.2 Å². The van der Waals surface area contributed by atoms with Crippen LogP contribution in [-0.2, 0) is 26.2 Å². The number of nitrogens with zero attached hydrogens (tertiary/aromatic N) is 2. The van der Waals surface area contributed by atoms with E-state index in [2.05, 4.69) is 5.32 Å². The van der Waals surface area contributed by atoms with E-state index in [0.29, 0.717) is 24.3 Å². The van der Waals surface area contributed by atoms with Gasteiger partial charge in [-0.3, -0.25) is 13.9 Å². The van der Waals surface area contributed by atoms with Gasteiger partial charge in [-0.05, 0) is 74.4 Å². The topological polar surface area (TPSA) is 96.0 Å². The van der Waals surface area contributed by atoms with Gasteiger partial charge in [0.1, 0.15) is 11.8 Å². The second-order valence-electron chi connectivity index (χ2n) is 10.4. The van der Waals surface area contributed by atoms with Crippen LogP contribution in [0.15, 0.2) is 42.5 Å². The van der Waals surface area contributed by atoms with Gasteiger partial charge in [0, 0.05) is 25.6 Å². The lowest BCUT2D eigenvalue weighted by Gasteiger charge is -2.32. The molecule has 1 aliphatic rings. The van der Waals surface area contributed by atoms with Crippen molar-refractivity contribution in [1.29, 1.82) is 0 Å². The van der Waals surface area contributed by atoms with Crippen molar-refractivity contribution in [2.75, 3.05) is 24.2 Å². The Balaban J connectivity index is 1.79. The fraction of sp³-hybridized carbons (Fsp3) is 0.533. The molecule has 0 heterocycles. The molecular formula is C30H43N3O5S. The number of aryl methyl sites for hydroxylation is 1. The molecule has 1 aliphatic carbocycles. The van der Waals surface area contributed by atoms with Crippen molar-refractivity contribution in [3.63, 3.8) is 0 Å². The van der Waals surface area contributed by atoms with Gasteiger partial charge in [0.15, 0.2) is 0 Å². The normalized spacial score (nSPS) is 14.6. The number of carbonyl (C=O) groups is 2. The number of hydrogen-bond donors (Lipinski definition) is 1. The maximum atomic E-state index is 13.7. The van der Waals surface area contributed by atoms with Crippen molar-refractivity contribution in [2.24, 2.45) is 0 Å². The first kappa shape index (κ1) is 30.5. The second kappa shape index (κ2) is 13.8. The van der Waals surface area contributed by atoms with Gasteiger partial charge in [0.05, 0.1) is 19.1 Å². The fourth-order valence-corrected chi connectivity index (χ4v) is 6.26. The zero-order valence-electron chi connectivity index (χ0n) is 23.9. The summed E-state index contributed by atoms with van der Waals surface area (Å²) in [5.41, 5.74) is 3.38. The van der Waals surface area contributed by atoms with Crippen LogP contribution in [0, 0.1) is 13.8 Å². The first-order valence-corrected chi connectivity index (χ1v) is 15.7. The molecule has 9 heteroatoms. The number of rotatable bonds is 13. The molecule has 0 saturated heterocycles. The Morgan fingerprint density at radius 2 is 1.79 bits per heavy atom. The molecule has 0 spiro atoms. The summed E-state index contributed by atoms with van der Waals surface area (Å²) in [4.78, 5) is 28.7. The minimum Gasteiger partial charge on any atom is -0.497 e. The molecule has 0 aromatic heterocycles. The van der Waals surface area contributed by atoms with Gasteiger partial charge in [-0.15, -0.1) is 0 Å². The molecule has 8 nitrogen and oxygen atoms in total. The summed E-state index contributed by atoms with van der Waals surface area (Å²) in [6.45, 7) is 6.20. The minimum absolute atomic E-state index is 0.119. The summed E-state index contributed by atoms with van der Waals surface area (Å²) in [5, 5.41) is 3.16. The summed E-state index contributed by atoms with van der Waals surface area (Å²) in [6, 6.07) is 12.6. The molecule has 1 fully saturated rings. The highest BCUT2D eigenvalue weighted by Crippen LogP contribution is 2.26. The zero-order valence-corrected chi connectivity index (χ0v) is 24.7. The molecule has 2 aromatic rings. The molecule has 1 N–H and O–H groups in total. The zero-order chi connectivity index (χ0) is 28.6. The van der Waals surface area contributed by atoms with Crippen molar-refractivity contribution in [1.82, 2.24) is 10.2 Å². The van der Waals surface area contributed by atoms with Crippen LogP contribution < -0.4 is 14.4 Å². The Kier molecular flexibility index (Phi) is 10.8. The number of anilines is 1. The molecule has 0 bridgehead atoms.